The molecule has 3 aromatic carbocycles. The number of hydrogen-bond acceptors (Lipinski definition) is 5. The van der Waals surface area contributed by atoms with Crippen molar-refractivity contribution in [2.24, 2.45) is 0 Å². The van der Waals surface area contributed by atoms with E-state index in [0.29, 0.717) is 42.2 Å². The van der Waals surface area contributed by atoms with Gasteiger partial charge in [0.25, 0.3) is 5.91 Å². The van der Waals surface area contributed by atoms with Crippen LogP contribution in [-0.4, -0.2) is 54.5 Å². The molecule has 1 amide bonds. The molecular weight excluding hydrogens is 518 g/mol. The second kappa shape index (κ2) is 11.1. The Balaban J connectivity index is 1.42. The number of hydrogen-bond donors (Lipinski definition) is 3. The minimum Gasteiger partial charge on any atom is -0.493 e. The highest BCUT2D eigenvalue weighted by atomic mass is 16.5. The van der Waals surface area contributed by atoms with E-state index in [1.807, 2.05) is 72.9 Å². The van der Waals surface area contributed by atoms with Gasteiger partial charge in [-0.05, 0) is 42.2 Å². The Labute approximate surface area is 238 Å². The minimum absolute atomic E-state index is 0.184. The van der Waals surface area contributed by atoms with Crippen LogP contribution in [0.5, 0.6) is 17.2 Å². The van der Waals surface area contributed by atoms with Crippen molar-refractivity contribution in [2.75, 3.05) is 27.9 Å². The normalized spacial score (nSPS) is 12.9. The maximum atomic E-state index is 14.0. The van der Waals surface area contributed by atoms with Gasteiger partial charge in [0.2, 0.25) is 5.75 Å². The van der Waals surface area contributed by atoms with Gasteiger partial charge in [0.15, 0.2) is 11.5 Å². The molecule has 8 nitrogen and oxygen atoms in total. The maximum Gasteiger partial charge on any atom is 0.253 e. The highest BCUT2D eigenvalue weighted by Crippen LogP contribution is 2.48. The standard InChI is InChI=1S/C33H33N3O5/c1-39-29-17-25-24(31(40-2)32(29)41-3)13-14-36-28(25)16-26(30(36)20-9-5-4-6-10-20)33(38)35-22(19-37)15-21-18-34-27-12-8-7-11-23(21)27/h4-12,16-18,22,34,37H,13-15,19H2,1-3H3,(H,35,38). The predicted molar refractivity (Wildman–Crippen MR) is 159 cm³/mol. The quantitative estimate of drug-likeness (QED) is 0.233. The van der Waals surface area contributed by atoms with E-state index in [1.165, 1.54) is 0 Å². The highest BCUT2D eigenvalue weighted by Gasteiger charge is 2.31. The largest absolute Gasteiger partial charge is 0.493 e. The van der Waals surface area contributed by atoms with Crippen molar-refractivity contribution in [3.63, 3.8) is 0 Å². The summed E-state index contributed by atoms with van der Waals surface area (Å²) >= 11 is 0. The number of ether oxygens (including phenoxy) is 3. The molecule has 2 aromatic heterocycles. The van der Waals surface area contributed by atoms with Crippen LogP contribution in [0, 0.1) is 0 Å². The molecule has 6 rings (SSSR count). The number of carbonyl (C=O) groups is 1. The van der Waals surface area contributed by atoms with Gasteiger partial charge in [-0.3, -0.25) is 4.79 Å². The van der Waals surface area contributed by atoms with E-state index in [-0.39, 0.29) is 12.5 Å². The van der Waals surface area contributed by atoms with Gasteiger partial charge in [-0.1, -0.05) is 48.5 Å². The van der Waals surface area contributed by atoms with Crippen LogP contribution in [0.15, 0.2) is 72.9 Å². The number of fused-ring (bicyclic) bond motifs is 4. The van der Waals surface area contributed by atoms with E-state index in [0.717, 1.165) is 44.5 Å². The first-order chi connectivity index (χ1) is 20.1. The van der Waals surface area contributed by atoms with Crippen LogP contribution in [-0.2, 0) is 19.4 Å². The molecule has 0 spiro atoms. The number of nitrogens with zero attached hydrogens (tertiary/aromatic N) is 1. The van der Waals surface area contributed by atoms with Crippen molar-refractivity contribution in [3.05, 3.63) is 89.6 Å². The van der Waals surface area contributed by atoms with Crippen LogP contribution in [0.25, 0.3) is 33.4 Å². The van der Waals surface area contributed by atoms with Crippen molar-refractivity contribution < 1.29 is 24.1 Å². The predicted octanol–water partition coefficient (Wildman–Crippen LogP) is 5.22. The van der Waals surface area contributed by atoms with Crippen LogP contribution in [0.1, 0.15) is 21.5 Å². The second-order valence-corrected chi connectivity index (χ2v) is 10.1. The first-order valence-electron chi connectivity index (χ1n) is 13.7. The number of benzene rings is 3. The van der Waals surface area contributed by atoms with Crippen LogP contribution in [0.2, 0.25) is 0 Å². The van der Waals surface area contributed by atoms with Gasteiger partial charge in [0.1, 0.15) is 0 Å². The molecule has 0 bridgehead atoms. The van der Waals surface area contributed by atoms with E-state index in [1.54, 1.807) is 21.3 Å². The summed E-state index contributed by atoms with van der Waals surface area (Å²) in [6.07, 6.45) is 3.14. The lowest BCUT2D eigenvalue weighted by Gasteiger charge is -2.25. The fourth-order valence-electron chi connectivity index (χ4n) is 5.99. The zero-order valence-electron chi connectivity index (χ0n) is 23.4. The zero-order valence-corrected chi connectivity index (χ0v) is 23.4. The fraction of sp³-hybridized carbons (Fsp3) is 0.242. The molecule has 1 aliphatic heterocycles. The molecule has 8 heteroatoms. The van der Waals surface area contributed by atoms with E-state index in [4.69, 9.17) is 14.2 Å². The van der Waals surface area contributed by atoms with Gasteiger partial charge in [-0.2, -0.15) is 0 Å². The van der Waals surface area contributed by atoms with Gasteiger partial charge in [0, 0.05) is 40.5 Å². The topological polar surface area (TPSA) is 97.7 Å². The van der Waals surface area contributed by atoms with E-state index in [2.05, 4.69) is 14.9 Å². The number of H-pyrrole nitrogens is 1. The van der Waals surface area contributed by atoms with Gasteiger partial charge >= 0.3 is 0 Å². The molecule has 1 unspecified atom stereocenters. The van der Waals surface area contributed by atoms with Crippen molar-refractivity contribution in [1.29, 1.82) is 0 Å². The van der Waals surface area contributed by atoms with Crippen molar-refractivity contribution in [2.45, 2.75) is 25.4 Å². The fourth-order valence-corrected chi connectivity index (χ4v) is 5.99. The van der Waals surface area contributed by atoms with Gasteiger partial charge in [0.05, 0.1) is 45.2 Å². The molecule has 210 valence electrons. The summed E-state index contributed by atoms with van der Waals surface area (Å²) in [6.45, 7) is 0.473. The lowest BCUT2D eigenvalue weighted by molar-refractivity contribution is 0.0917. The average Bonchev–Trinajstić information content (AvgIpc) is 3.62. The van der Waals surface area contributed by atoms with Gasteiger partial charge < -0.3 is 34.2 Å². The number of nitrogens with one attached hydrogen (secondary N) is 2. The summed E-state index contributed by atoms with van der Waals surface area (Å²) in [7, 11) is 4.83. The van der Waals surface area contributed by atoms with Crippen LogP contribution in [0.3, 0.4) is 0 Å². The Morgan fingerprint density at radius 3 is 2.49 bits per heavy atom. The molecule has 1 atom stereocenters. The number of aromatic nitrogens is 2. The third kappa shape index (κ3) is 4.60. The summed E-state index contributed by atoms with van der Waals surface area (Å²) in [6, 6.07) is 21.4. The summed E-state index contributed by atoms with van der Waals surface area (Å²) in [5.41, 5.74) is 7.23. The van der Waals surface area contributed by atoms with E-state index < -0.39 is 6.04 Å². The summed E-state index contributed by atoms with van der Waals surface area (Å²) in [5.74, 6) is 1.52. The van der Waals surface area contributed by atoms with Crippen LogP contribution < -0.4 is 19.5 Å². The molecule has 5 aromatic rings. The lowest BCUT2D eigenvalue weighted by atomic mass is 9.96. The molecule has 0 aliphatic carbocycles. The Hall–Kier alpha value is -4.69. The maximum absolute atomic E-state index is 14.0. The number of aliphatic hydroxyl groups is 1. The Morgan fingerprint density at radius 2 is 1.76 bits per heavy atom. The third-order valence-corrected chi connectivity index (χ3v) is 7.88. The molecule has 3 N–H and O–H groups in total. The average molecular weight is 552 g/mol. The monoisotopic (exact) mass is 551 g/mol. The first kappa shape index (κ1) is 26.5. The Morgan fingerprint density at radius 1 is 1.00 bits per heavy atom. The SMILES string of the molecule is COc1cc2c(c(OC)c1OC)CCn1c-2cc(C(=O)NC(CO)Cc2c[nH]c3ccccc23)c1-c1ccccc1. The number of methoxy groups -OCH3 is 3. The van der Waals surface area contributed by atoms with Crippen molar-refractivity contribution in [3.8, 4) is 39.8 Å². The number of para-hydroxylation sites is 1. The number of aliphatic hydroxyl groups excluding tert-OH is 1. The molecule has 3 heterocycles. The second-order valence-electron chi connectivity index (χ2n) is 10.1. The van der Waals surface area contributed by atoms with Crippen molar-refractivity contribution >= 4 is 16.8 Å². The number of aromatic amines is 1. The number of carbonyl (C=O) groups excluding carboxylic acids is 1. The highest BCUT2D eigenvalue weighted by molar-refractivity contribution is 6.02. The lowest BCUT2D eigenvalue weighted by Crippen LogP contribution is -2.39. The van der Waals surface area contributed by atoms with Crippen molar-refractivity contribution in [1.82, 2.24) is 14.9 Å². The molecule has 0 saturated carbocycles. The molecular formula is C33H33N3O5. The molecule has 0 saturated heterocycles. The van der Waals surface area contributed by atoms with Crippen LogP contribution >= 0.6 is 0 Å². The zero-order chi connectivity index (χ0) is 28.5. The van der Waals surface area contributed by atoms with E-state index in [9.17, 15) is 9.90 Å². The van der Waals surface area contributed by atoms with E-state index >= 15 is 0 Å². The number of rotatable bonds is 9. The smallest absolute Gasteiger partial charge is 0.253 e. The summed E-state index contributed by atoms with van der Waals surface area (Å²) < 4.78 is 19.3. The molecule has 0 radical (unpaired) electrons. The molecule has 1 aliphatic rings. The Bertz CT molecular complexity index is 1720. The molecule has 0 fully saturated rings. The summed E-state index contributed by atoms with van der Waals surface area (Å²) in [5, 5.41) is 14.5. The first-order valence-corrected chi connectivity index (χ1v) is 13.7. The third-order valence-electron chi connectivity index (χ3n) is 7.88. The Kier molecular flexibility index (Phi) is 7.15. The molecule has 41 heavy (non-hydrogen) atoms. The van der Waals surface area contributed by atoms with Gasteiger partial charge in [-0.15, -0.1) is 0 Å². The van der Waals surface area contributed by atoms with Gasteiger partial charge in [-0.25, -0.2) is 0 Å². The number of amides is 1. The minimum atomic E-state index is -0.459. The summed E-state index contributed by atoms with van der Waals surface area (Å²) in [4.78, 5) is 17.2. The van der Waals surface area contributed by atoms with Crippen LogP contribution in [0.4, 0.5) is 0 Å².